The van der Waals surface area contributed by atoms with Crippen LogP contribution in [0.15, 0.2) is 42.5 Å². The van der Waals surface area contributed by atoms with Gasteiger partial charge in [-0.1, -0.05) is 35.9 Å². The van der Waals surface area contributed by atoms with Crippen molar-refractivity contribution in [1.29, 1.82) is 0 Å². The number of hydrogen-bond acceptors (Lipinski definition) is 7. The van der Waals surface area contributed by atoms with Crippen LogP contribution in [0.1, 0.15) is 32.1 Å². The number of ether oxygens (including phenoxy) is 1. The van der Waals surface area contributed by atoms with E-state index in [1.54, 1.807) is 18.2 Å². The highest BCUT2D eigenvalue weighted by Gasteiger charge is 2.34. The van der Waals surface area contributed by atoms with Crippen LogP contribution in [0.2, 0.25) is 5.02 Å². The molecule has 1 aromatic heterocycles. The molecule has 2 saturated heterocycles. The monoisotopic (exact) mass is 563 g/mol. The van der Waals surface area contributed by atoms with E-state index in [9.17, 15) is 5.11 Å². The number of benzene rings is 3. The molecular formula is C31H35ClFN5O2. The van der Waals surface area contributed by atoms with Gasteiger partial charge in [-0.3, -0.25) is 0 Å². The summed E-state index contributed by atoms with van der Waals surface area (Å²) in [7, 11) is 4.13. The normalized spacial score (nSPS) is 18.8. The van der Waals surface area contributed by atoms with E-state index in [0.29, 0.717) is 35.5 Å². The van der Waals surface area contributed by atoms with Gasteiger partial charge in [-0.2, -0.15) is 9.97 Å². The van der Waals surface area contributed by atoms with E-state index in [2.05, 4.69) is 34.2 Å². The van der Waals surface area contributed by atoms with Crippen molar-refractivity contribution in [3.05, 3.63) is 53.3 Å². The molecule has 0 amide bonds. The van der Waals surface area contributed by atoms with Gasteiger partial charge in [-0.15, -0.1) is 0 Å². The molecule has 7 nitrogen and oxygen atoms in total. The third-order valence-electron chi connectivity index (χ3n) is 7.96. The first-order valence-corrected chi connectivity index (χ1v) is 14.5. The number of fused-ring (bicyclic) bond motifs is 4. The van der Waals surface area contributed by atoms with Gasteiger partial charge < -0.3 is 25.0 Å². The van der Waals surface area contributed by atoms with Crippen molar-refractivity contribution in [2.24, 2.45) is 0 Å². The van der Waals surface area contributed by atoms with Crippen LogP contribution in [0, 0.1) is 5.82 Å². The Morgan fingerprint density at radius 1 is 1.05 bits per heavy atom. The maximum absolute atomic E-state index is 16.6. The summed E-state index contributed by atoms with van der Waals surface area (Å²) in [5.41, 5.74) is 0.898. The summed E-state index contributed by atoms with van der Waals surface area (Å²) < 4.78 is 22.6. The van der Waals surface area contributed by atoms with Crippen molar-refractivity contribution < 1.29 is 14.2 Å². The van der Waals surface area contributed by atoms with Crippen LogP contribution < -0.4 is 15.0 Å². The zero-order valence-electron chi connectivity index (χ0n) is 23.0. The molecule has 2 atom stereocenters. The molecule has 2 N–H and O–H groups in total. The quantitative estimate of drug-likeness (QED) is 0.242. The Balaban J connectivity index is 1.42. The maximum Gasteiger partial charge on any atom is 0.319 e. The van der Waals surface area contributed by atoms with E-state index < -0.39 is 5.82 Å². The number of hydrogen-bond donors (Lipinski definition) is 2. The minimum Gasteiger partial charge on any atom is -0.508 e. The molecule has 0 spiro atoms. The lowest BCUT2D eigenvalue weighted by Gasteiger charge is -2.34. The third-order valence-corrected chi connectivity index (χ3v) is 8.25. The highest BCUT2D eigenvalue weighted by molar-refractivity contribution is 6.35. The number of aromatic nitrogens is 2. The Labute approximate surface area is 238 Å². The van der Waals surface area contributed by atoms with Crippen LogP contribution in [0.25, 0.3) is 32.8 Å². The summed E-state index contributed by atoms with van der Waals surface area (Å²) in [6, 6.07) is 13.5. The predicted molar refractivity (Wildman–Crippen MR) is 159 cm³/mol. The van der Waals surface area contributed by atoms with Gasteiger partial charge >= 0.3 is 6.01 Å². The van der Waals surface area contributed by atoms with Crippen molar-refractivity contribution >= 4 is 39.1 Å². The largest absolute Gasteiger partial charge is 0.508 e. The van der Waals surface area contributed by atoms with Crippen LogP contribution in [0.5, 0.6) is 11.8 Å². The number of rotatable bonds is 9. The minimum atomic E-state index is -0.546. The highest BCUT2D eigenvalue weighted by Crippen LogP contribution is 2.42. The average molecular weight is 564 g/mol. The number of anilines is 1. The standard InChI is InChI=1S/C31H35ClFN5O2/c1-37(2)12-6-3-7-13-40-31-35-29-25(30(36-31)38-17-20-10-11-21(18-38)34-20)16-26(32)27(28(29)33)24-15-22(39)14-19-8-4-5-9-23(19)24/h4-5,8-9,14-16,20-21,34,39H,3,6-7,10-13,17-18H2,1-2H3. The Kier molecular flexibility index (Phi) is 7.66. The molecule has 3 aromatic carbocycles. The van der Waals surface area contributed by atoms with Gasteiger partial charge in [0.05, 0.1) is 11.6 Å². The number of unbranched alkanes of at least 4 members (excludes halogenated alkanes) is 2. The first-order valence-electron chi connectivity index (χ1n) is 14.1. The first-order chi connectivity index (χ1) is 19.4. The molecule has 0 aliphatic carbocycles. The Hall–Kier alpha value is -3.20. The SMILES string of the molecule is CN(C)CCCCCOc1nc(N2CC3CCC(C2)N3)c2cc(Cl)c(-c3cc(O)cc4ccccc34)c(F)c2n1. The number of nitrogens with zero attached hydrogens (tertiary/aromatic N) is 4. The molecular weight excluding hydrogens is 529 g/mol. The van der Waals surface area contributed by atoms with Gasteiger partial charge in [-0.05, 0) is 87.3 Å². The number of phenols is 1. The number of nitrogens with one attached hydrogen (secondary N) is 1. The van der Waals surface area contributed by atoms with Gasteiger partial charge in [-0.25, -0.2) is 4.39 Å². The molecule has 4 aromatic rings. The Morgan fingerprint density at radius 2 is 1.82 bits per heavy atom. The summed E-state index contributed by atoms with van der Waals surface area (Å²) >= 11 is 6.83. The molecule has 40 heavy (non-hydrogen) atoms. The van der Waals surface area contributed by atoms with E-state index in [-0.39, 0.29) is 27.9 Å². The van der Waals surface area contributed by atoms with Crippen LogP contribution >= 0.6 is 11.6 Å². The molecule has 0 radical (unpaired) electrons. The van der Waals surface area contributed by atoms with Gasteiger partial charge in [0.2, 0.25) is 0 Å². The zero-order valence-corrected chi connectivity index (χ0v) is 23.7. The summed E-state index contributed by atoms with van der Waals surface area (Å²) in [5, 5.41) is 16.5. The average Bonchev–Trinajstić information content (AvgIpc) is 3.27. The fourth-order valence-corrected chi connectivity index (χ4v) is 6.35. The molecule has 2 aliphatic rings. The molecule has 2 fully saturated rings. The van der Waals surface area contributed by atoms with Crippen LogP contribution in [0.3, 0.4) is 0 Å². The second-order valence-electron chi connectivity index (χ2n) is 11.2. The summed E-state index contributed by atoms with van der Waals surface area (Å²) in [6.07, 6.45) is 5.21. The van der Waals surface area contributed by atoms with Crippen molar-refractivity contribution in [3.8, 4) is 22.9 Å². The van der Waals surface area contributed by atoms with Gasteiger partial charge in [0.25, 0.3) is 0 Å². The number of piperazine rings is 1. The summed E-state index contributed by atoms with van der Waals surface area (Å²) in [6.45, 7) is 3.06. The van der Waals surface area contributed by atoms with Crippen molar-refractivity contribution in [1.82, 2.24) is 20.2 Å². The summed E-state index contributed by atoms with van der Waals surface area (Å²) in [4.78, 5) is 13.8. The molecule has 2 aliphatic heterocycles. The lowest BCUT2D eigenvalue weighted by molar-refractivity contribution is 0.278. The van der Waals surface area contributed by atoms with Gasteiger partial charge in [0, 0.05) is 36.1 Å². The molecule has 9 heteroatoms. The van der Waals surface area contributed by atoms with Gasteiger partial charge in [0.15, 0.2) is 5.82 Å². The van der Waals surface area contributed by atoms with Crippen molar-refractivity contribution in [3.63, 3.8) is 0 Å². The van der Waals surface area contributed by atoms with Crippen molar-refractivity contribution in [2.45, 2.75) is 44.2 Å². The van der Waals surface area contributed by atoms with E-state index in [1.807, 2.05) is 24.3 Å². The van der Waals surface area contributed by atoms with Crippen LogP contribution in [-0.4, -0.2) is 72.4 Å². The smallest absolute Gasteiger partial charge is 0.319 e. The zero-order chi connectivity index (χ0) is 27.8. The molecule has 0 saturated carbocycles. The number of phenolic OH excluding ortho intramolecular Hbond substituents is 1. The second-order valence-corrected chi connectivity index (χ2v) is 11.7. The molecule has 2 bridgehead atoms. The first kappa shape index (κ1) is 27.0. The van der Waals surface area contributed by atoms with Crippen LogP contribution in [-0.2, 0) is 0 Å². The fourth-order valence-electron chi connectivity index (χ4n) is 6.05. The molecule has 210 valence electrons. The van der Waals surface area contributed by atoms with Crippen LogP contribution in [0.4, 0.5) is 10.2 Å². The van der Waals surface area contributed by atoms with Gasteiger partial charge in [0.1, 0.15) is 17.1 Å². The molecule has 2 unspecified atom stereocenters. The second kappa shape index (κ2) is 11.4. The lowest BCUT2D eigenvalue weighted by Crippen LogP contribution is -2.51. The summed E-state index contributed by atoms with van der Waals surface area (Å²) in [5.74, 6) is 0.150. The van der Waals surface area contributed by atoms with E-state index >= 15 is 4.39 Å². The molecule has 3 heterocycles. The minimum absolute atomic E-state index is 0.0437. The van der Waals surface area contributed by atoms with E-state index in [0.717, 1.165) is 62.5 Å². The fraction of sp³-hybridized carbons (Fsp3) is 0.419. The number of aromatic hydroxyl groups is 1. The highest BCUT2D eigenvalue weighted by atomic mass is 35.5. The number of halogens is 2. The topological polar surface area (TPSA) is 73.8 Å². The van der Waals surface area contributed by atoms with E-state index in [4.69, 9.17) is 21.3 Å². The Bertz CT molecular complexity index is 1540. The third kappa shape index (κ3) is 5.40. The van der Waals surface area contributed by atoms with E-state index in [1.165, 1.54) is 0 Å². The maximum atomic E-state index is 16.6. The molecule has 6 rings (SSSR count). The Morgan fingerprint density at radius 3 is 2.60 bits per heavy atom. The lowest BCUT2D eigenvalue weighted by atomic mass is 9.96. The predicted octanol–water partition coefficient (Wildman–Crippen LogP) is 6.00. The van der Waals surface area contributed by atoms with Crippen molar-refractivity contribution in [2.75, 3.05) is 45.2 Å².